The predicted molar refractivity (Wildman–Crippen MR) is 127 cm³/mol. The first-order valence-electron chi connectivity index (χ1n) is 10.4. The lowest BCUT2D eigenvalue weighted by Crippen LogP contribution is -2.43. The maximum atomic E-state index is 13.4. The second-order valence-corrected chi connectivity index (χ2v) is 8.93. The molecule has 0 aliphatic rings. The van der Waals surface area contributed by atoms with Crippen molar-refractivity contribution in [3.63, 3.8) is 0 Å². The van der Waals surface area contributed by atoms with E-state index >= 15 is 0 Å². The van der Waals surface area contributed by atoms with Gasteiger partial charge in [-0.05, 0) is 41.8 Å². The first-order chi connectivity index (χ1) is 15.3. The van der Waals surface area contributed by atoms with Crippen LogP contribution in [-0.2, 0) is 17.9 Å². The minimum atomic E-state index is -0.283. The standard InChI is InChI=1S/C25H26Cl2N2O3/c1-18(2)14-29(25(31)20-11-21(26)13-22(27)12-20)17-24(30)28(16-23-9-6-10-32-23)15-19-7-4-3-5-8-19/h3-13,18H,14-17H2,1-2H3. The van der Waals surface area contributed by atoms with Gasteiger partial charge in [-0.3, -0.25) is 9.59 Å². The molecule has 7 heteroatoms. The Morgan fingerprint density at radius 2 is 1.59 bits per heavy atom. The number of rotatable bonds is 9. The highest BCUT2D eigenvalue weighted by molar-refractivity contribution is 6.35. The summed E-state index contributed by atoms with van der Waals surface area (Å²) < 4.78 is 5.46. The summed E-state index contributed by atoms with van der Waals surface area (Å²) in [5.41, 5.74) is 1.35. The van der Waals surface area contributed by atoms with Crippen LogP contribution in [0.3, 0.4) is 0 Å². The summed E-state index contributed by atoms with van der Waals surface area (Å²) in [5, 5.41) is 0.750. The first-order valence-corrected chi connectivity index (χ1v) is 11.2. The molecule has 5 nitrogen and oxygen atoms in total. The van der Waals surface area contributed by atoms with E-state index in [9.17, 15) is 9.59 Å². The van der Waals surface area contributed by atoms with Gasteiger partial charge in [0.2, 0.25) is 5.91 Å². The molecule has 0 aliphatic heterocycles. The maximum Gasteiger partial charge on any atom is 0.254 e. The molecular formula is C25H26Cl2N2O3. The van der Waals surface area contributed by atoms with E-state index in [1.807, 2.05) is 50.2 Å². The van der Waals surface area contributed by atoms with Crippen LogP contribution in [0.15, 0.2) is 71.3 Å². The van der Waals surface area contributed by atoms with Crippen molar-refractivity contribution in [1.82, 2.24) is 9.80 Å². The van der Waals surface area contributed by atoms with Crippen LogP contribution >= 0.6 is 23.2 Å². The van der Waals surface area contributed by atoms with Gasteiger partial charge in [-0.1, -0.05) is 67.4 Å². The Balaban J connectivity index is 1.82. The summed E-state index contributed by atoms with van der Waals surface area (Å²) in [5.74, 6) is 0.396. The molecule has 32 heavy (non-hydrogen) atoms. The van der Waals surface area contributed by atoms with Crippen LogP contribution in [0.2, 0.25) is 10.0 Å². The highest BCUT2D eigenvalue weighted by atomic mass is 35.5. The zero-order valence-electron chi connectivity index (χ0n) is 18.1. The average Bonchev–Trinajstić information content (AvgIpc) is 3.25. The summed E-state index contributed by atoms with van der Waals surface area (Å²) in [6.07, 6.45) is 1.58. The number of halogens is 2. The molecule has 0 atom stereocenters. The van der Waals surface area contributed by atoms with Crippen LogP contribution in [0.4, 0.5) is 0 Å². The summed E-state index contributed by atoms with van der Waals surface area (Å²) in [6, 6.07) is 18.1. The van der Waals surface area contributed by atoms with Gasteiger partial charge < -0.3 is 14.2 Å². The highest BCUT2D eigenvalue weighted by Crippen LogP contribution is 2.21. The molecule has 2 amide bonds. The van der Waals surface area contributed by atoms with Crippen LogP contribution in [0.25, 0.3) is 0 Å². The molecule has 0 bridgehead atoms. The molecule has 0 spiro atoms. The van der Waals surface area contributed by atoms with E-state index in [0.717, 1.165) is 5.56 Å². The van der Waals surface area contributed by atoms with E-state index in [-0.39, 0.29) is 24.3 Å². The molecule has 3 aromatic rings. The lowest BCUT2D eigenvalue weighted by atomic mass is 10.1. The molecule has 2 aromatic carbocycles. The van der Waals surface area contributed by atoms with E-state index in [1.54, 1.807) is 40.3 Å². The second-order valence-electron chi connectivity index (χ2n) is 8.05. The molecule has 0 saturated carbocycles. The molecule has 0 aliphatic carbocycles. The molecule has 1 heterocycles. The zero-order chi connectivity index (χ0) is 23.1. The highest BCUT2D eigenvalue weighted by Gasteiger charge is 2.24. The average molecular weight is 473 g/mol. The van der Waals surface area contributed by atoms with Crippen molar-refractivity contribution < 1.29 is 14.0 Å². The predicted octanol–water partition coefficient (Wildman–Crippen LogP) is 5.91. The SMILES string of the molecule is CC(C)CN(CC(=O)N(Cc1ccccc1)Cc1ccco1)C(=O)c1cc(Cl)cc(Cl)c1. The smallest absolute Gasteiger partial charge is 0.254 e. The van der Waals surface area contributed by atoms with Crippen molar-refractivity contribution in [3.05, 3.63) is 93.9 Å². The van der Waals surface area contributed by atoms with Crippen LogP contribution < -0.4 is 0 Å². The summed E-state index contributed by atoms with van der Waals surface area (Å²) in [7, 11) is 0. The summed E-state index contributed by atoms with van der Waals surface area (Å²) >= 11 is 12.2. The molecule has 0 radical (unpaired) electrons. The van der Waals surface area contributed by atoms with Crippen LogP contribution in [0.5, 0.6) is 0 Å². The van der Waals surface area contributed by atoms with Gasteiger partial charge in [-0.2, -0.15) is 0 Å². The quantitative estimate of drug-likeness (QED) is 0.388. The third kappa shape index (κ3) is 6.87. The minimum absolute atomic E-state index is 0.0608. The van der Waals surface area contributed by atoms with Gasteiger partial charge in [-0.15, -0.1) is 0 Å². The maximum absolute atomic E-state index is 13.4. The fourth-order valence-corrected chi connectivity index (χ4v) is 3.94. The van der Waals surface area contributed by atoms with E-state index in [4.69, 9.17) is 27.6 Å². The molecule has 0 N–H and O–H groups in total. The Morgan fingerprint density at radius 1 is 0.906 bits per heavy atom. The van der Waals surface area contributed by atoms with Gasteiger partial charge >= 0.3 is 0 Å². The lowest BCUT2D eigenvalue weighted by Gasteiger charge is -2.28. The molecule has 0 unspecified atom stereocenters. The number of nitrogens with zero attached hydrogens (tertiary/aromatic N) is 2. The second kappa shape index (κ2) is 11.2. The van der Waals surface area contributed by atoms with Crippen molar-refractivity contribution in [2.24, 2.45) is 5.92 Å². The summed E-state index contributed by atoms with van der Waals surface area (Å²) in [6.45, 7) is 5.09. The van der Waals surface area contributed by atoms with Crippen molar-refractivity contribution >= 4 is 35.0 Å². The van der Waals surface area contributed by atoms with Crippen molar-refractivity contribution in [3.8, 4) is 0 Å². The van der Waals surface area contributed by atoms with E-state index in [1.165, 1.54) is 0 Å². The molecule has 0 saturated heterocycles. The number of hydrogen-bond donors (Lipinski definition) is 0. The number of furan rings is 1. The molecule has 168 valence electrons. The van der Waals surface area contributed by atoms with Crippen LogP contribution in [0.1, 0.15) is 35.5 Å². The van der Waals surface area contributed by atoms with Crippen LogP contribution in [0, 0.1) is 5.92 Å². The largest absolute Gasteiger partial charge is 0.467 e. The van der Waals surface area contributed by atoms with E-state index < -0.39 is 0 Å². The third-order valence-corrected chi connectivity index (χ3v) is 5.24. The van der Waals surface area contributed by atoms with Gasteiger partial charge in [0, 0.05) is 28.7 Å². The van der Waals surface area contributed by atoms with E-state index in [0.29, 0.717) is 41.0 Å². The Labute approximate surface area is 198 Å². The number of hydrogen-bond acceptors (Lipinski definition) is 3. The molecular weight excluding hydrogens is 447 g/mol. The fraction of sp³-hybridized carbons (Fsp3) is 0.280. The molecule has 0 fully saturated rings. The fourth-order valence-electron chi connectivity index (χ4n) is 3.41. The number of amides is 2. The Bertz CT molecular complexity index is 1020. The minimum Gasteiger partial charge on any atom is -0.467 e. The van der Waals surface area contributed by atoms with Crippen molar-refractivity contribution in [2.75, 3.05) is 13.1 Å². The number of benzene rings is 2. The van der Waals surface area contributed by atoms with Crippen LogP contribution in [-0.4, -0.2) is 34.7 Å². The first kappa shape index (κ1) is 23.9. The van der Waals surface area contributed by atoms with Gasteiger partial charge in [0.25, 0.3) is 5.91 Å². The molecule has 3 rings (SSSR count). The molecule has 1 aromatic heterocycles. The van der Waals surface area contributed by atoms with Gasteiger partial charge in [0.15, 0.2) is 0 Å². The van der Waals surface area contributed by atoms with Gasteiger partial charge in [-0.25, -0.2) is 0 Å². The Kier molecular flexibility index (Phi) is 8.37. The van der Waals surface area contributed by atoms with Gasteiger partial charge in [0.1, 0.15) is 12.3 Å². The number of carbonyl (C=O) groups is 2. The summed E-state index contributed by atoms with van der Waals surface area (Å²) in [4.78, 5) is 29.9. The normalized spacial score (nSPS) is 10.9. The van der Waals surface area contributed by atoms with Crippen molar-refractivity contribution in [2.45, 2.75) is 26.9 Å². The zero-order valence-corrected chi connectivity index (χ0v) is 19.6. The van der Waals surface area contributed by atoms with E-state index in [2.05, 4.69) is 0 Å². The van der Waals surface area contributed by atoms with Crippen molar-refractivity contribution in [1.29, 1.82) is 0 Å². The third-order valence-electron chi connectivity index (χ3n) is 4.80. The van der Waals surface area contributed by atoms with Gasteiger partial charge in [0.05, 0.1) is 12.8 Å². The monoisotopic (exact) mass is 472 g/mol. The number of carbonyl (C=O) groups excluding carboxylic acids is 2. The Morgan fingerprint density at radius 3 is 2.19 bits per heavy atom. The Hall–Kier alpha value is -2.76. The topological polar surface area (TPSA) is 53.8 Å². The lowest BCUT2D eigenvalue weighted by molar-refractivity contribution is -0.133.